The summed E-state index contributed by atoms with van der Waals surface area (Å²) in [6.45, 7) is 5.10. The highest BCUT2D eigenvalue weighted by Crippen LogP contribution is 2.32. The zero-order valence-electron chi connectivity index (χ0n) is 20.9. The van der Waals surface area contributed by atoms with E-state index in [1.807, 2.05) is 38.1 Å². The van der Waals surface area contributed by atoms with Crippen LogP contribution in [0.25, 0.3) is 0 Å². The number of hydrogen-bond donors (Lipinski definition) is 1. The zero-order chi connectivity index (χ0) is 27.3. The van der Waals surface area contributed by atoms with E-state index in [0.717, 1.165) is 23.3 Å². The van der Waals surface area contributed by atoms with Crippen LogP contribution < -0.4 is 14.8 Å². The maximum absolute atomic E-state index is 12.8. The van der Waals surface area contributed by atoms with Crippen molar-refractivity contribution in [3.63, 3.8) is 0 Å². The zero-order valence-corrected chi connectivity index (χ0v) is 20.9. The van der Waals surface area contributed by atoms with Crippen LogP contribution in [0, 0.1) is 11.3 Å². The maximum atomic E-state index is 12.8. The van der Waals surface area contributed by atoms with Crippen molar-refractivity contribution in [2.24, 2.45) is 0 Å². The molecule has 2 aromatic carbocycles. The Labute approximate surface area is 218 Å². The lowest BCUT2D eigenvalue weighted by molar-refractivity contribution is -0.274. The molecule has 0 aliphatic carbocycles. The van der Waals surface area contributed by atoms with Gasteiger partial charge in [0.25, 0.3) is 5.91 Å². The Morgan fingerprint density at radius 3 is 2.34 bits per heavy atom. The first kappa shape index (κ1) is 26.9. The molecule has 0 bridgehead atoms. The van der Waals surface area contributed by atoms with E-state index in [0.29, 0.717) is 31.0 Å². The number of likely N-dealkylation sites (tertiary alicyclic amines) is 1. The van der Waals surface area contributed by atoms with Crippen molar-refractivity contribution < 1.29 is 27.4 Å². The molecule has 1 aliphatic rings. The molecule has 10 heteroatoms. The quantitative estimate of drug-likeness (QED) is 0.434. The fourth-order valence-electron chi connectivity index (χ4n) is 4.44. The number of carbonyl (C=O) groups is 1. The Morgan fingerprint density at radius 1 is 1.08 bits per heavy atom. The van der Waals surface area contributed by atoms with Crippen LogP contribution in [-0.4, -0.2) is 47.4 Å². The smallest absolute Gasteiger partial charge is 0.475 e. The van der Waals surface area contributed by atoms with E-state index in [2.05, 4.69) is 26.0 Å². The Morgan fingerprint density at radius 2 is 1.76 bits per heavy atom. The maximum Gasteiger partial charge on any atom is 0.573 e. The molecule has 1 N–H and O–H groups in total. The Kier molecular flexibility index (Phi) is 8.17. The fourth-order valence-corrected chi connectivity index (χ4v) is 4.44. The van der Waals surface area contributed by atoms with Crippen molar-refractivity contribution >= 4 is 5.91 Å². The standard InChI is InChI=1S/C28H27F3N4O3/c1-18(2)37-25-12-9-22(16-33-25)26(20-5-3-19(15-32)4-6-20)35-14-13-23(17-35)34-27(36)21-7-10-24(11-8-21)38-28(29,30)31/h3-12,16,18,23,26H,13-14,17H2,1-2H3,(H,34,36). The Balaban J connectivity index is 1.48. The molecule has 0 radical (unpaired) electrons. The molecule has 1 saturated heterocycles. The number of pyridine rings is 1. The van der Waals surface area contributed by atoms with Crippen LogP contribution in [0.3, 0.4) is 0 Å². The van der Waals surface area contributed by atoms with Gasteiger partial charge >= 0.3 is 6.36 Å². The minimum atomic E-state index is -4.79. The molecule has 38 heavy (non-hydrogen) atoms. The number of aromatic nitrogens is 1. The lowest BCUT2D eigenvalue weighted by Crippen LogP contribution is -2.38. The van der Waals surface area contributed by atoms with Gasteiger partial charge < -0.3 is 14.8 Å². The average molecular weight is 525 g/mol. The Bertz CT molecular complexity index is 1270. The second-order valence-corrected chi connectivity index (χ2v) is 9.26. The van der Waals surface area contributed by atoms with E-state index in [-0.39, 0.29) is 35.4 Å². The van der Waals surface area contributed by atoms with E-state index in [4.69, 9.17) is 4.74 Å². The third-order valence-electron chi connectivity index (χ3n) is 6.06. The van der Waals surface area contributed by atoms with E-state index in [1.165, 1.54) is 12.1 Å². The topological polar surface area (TPSA) is 87.5 Å². The molecule has 1 aromatic heterocycles. The van der Waals surface area contributed by atoms with Crippen LogP contribution in [-0.2, 0) is 0 Å². The molecule has 0 saturated carbocycles. The van der Waals surface area contributed by atoms with Crippen molar-refractivity contribution in [2.75, 3.05) is 13.1 Å². The van der Waals surface area contributed by atoms with Crippen molar-refractivity contribution in [1.82, 2.24) is 15.2 Å². The van der Waals surface area contributed by atoms with Crippen molar-refractivity contribution in [1.29, 1.82) is 5.26 Å². The highest BCUT2D eigenvalue weighted by atomic mass is 19.4. The second kappa shape index (κ2) is 11.5. The molecule has 1 aliphatic heterocycles. The second-order valence-electron chi connectivity index (χ2n) is 9.26. The monoisotopic (exact) mass is 524 g/mol. The van der Waals surface area contributed by atoms with Crippen molar-refractivity contribution in [3.05, 3.63) is 89.1 Å². The Hall–Kier alpha value is -4.10. The minimum absolute atomic E-state index is 0.000933. The van der Waals surface area contributed by atoms with Crippen LogP contribution in [0.2, 0.25) is 0 Å². The van der Waals surface area contributed by atoms with Crippen LogP contribution in [0.5, 0.6) is 11.6 Å². The molecule has 2 atom stereocenters. The van der Waals surface area contributed by atoms with Crippen LogP contribution >= 0.6 is 0 Å². The van der Waals surface area contributed by atoms with Gasteiger partial charge in [-0.2, -0.15) is 5.26 Å². The first-order valence-electron chi connectivity index (χ1n) is 12.1. The van der Waals surface area contributed by atoms with E-state index >= 15 is 0 Å². The number of amides is 1. The van der Waals surface area contributed by atoms with Crippen molar-refractivity contribution in [3.8, 4) is 17.7 Å². The predicted molar refractivity (Wildman–Crippen MR) is 134 cm³/mol. The molecule has 198 valence electrons. The van der Waals surface area contributed by atoms with Gasteiger partial charge in [0.05, 0.1) is 23.8 Å². The highest BCUT2D eigenvalue weighted by Gasteiger charge is 2.32. The van der Waals surface area contributed by atoms with Gasteiger partial charge in [-0.15, -0.1) is 13.2 Å². The number of ether oxygens (including phenoxy) is 2. The average Bonchev–Trinajstić information content (AvgIpc) is 3.32. The summed E-state index contributed by atoms with van der Waals surface area (Å²) in [6, 6.07) is 17.8. The van der Waals surface area contributed by atoms with Gasteiger partial charge in [-0.1, -0.05) is 18.2 Å². The van der Waals surface area contributed by atoms with Gasteiger partial charge in [-0.3, -0.25) is 9.69 Å². The molecule has 1 fully saturated rings. The molecule has 1 amide bonds. The molecule has 3 aromatic rings. The number of hydrogen-bond acceptors (Lipinski definition) is 6. The summed E-state index contributed by atoms with van der Waals surface area (Å²) < 4.78 is 46.7. The predicted octanol–water partition coefficient (Wildman–Crippen LogP) is 5.23. The molecular weight excluding hydrogens is 497 g/mol. The summed E-state index contributed by atoms with van der Waals surface area (Å²) in [7, 11) is 0. The molecule has 0 spiro atoms. The number of halogens is 3. The van der Waals surface area contributed by atoms with Crippen LogP contribution in [0.1, 0.15) is 53.4 Å². The van der Waals surface area contributed by atoms with E-state index < -0.39 is 6.36 Å². The summed E-state index contributed by atoms with van der Waals surface area (Å²) in [4.78, 5) is 19.4. The third-order valence-corrected chi connectivity index (χ3v) is 6.06. The highest BCUT2D eigenvalue weighted by molar-refractivity contribution is 5.94. The SMILES string of the molecule is CC(C)Oc1ccc(C(c2ccc(C#N)cc2)N2CCC(NC(=O)c3ccc(OC(F)(F)F)cc3)C2)cn1. The van der Waals surface area contributed by atoms with Gasteiger partial charge in [0.15, 0.2) is 0 Å². The first-order chi connectivity index (χ1) is 18.1. The number of rotatable bonds is 8. The van der Waals surface area contributed by atoms with Crippen molar-refractivity contribution in [2.45, 2.75) is 44.8 Å². The summed E-state index contributed by atoms with van der Waals surface area (Å²) in [6.07, 6.45) is -2.33. The number of benzene rings is 2. The molecule has 4 rings (SSSR count). The molecular formula is C28H27F3N4O3. The lowest BCUT2D eigenvalue weighted by Gasteiger charge is -2.29. The summed E-state index contributed by atoms with van der Waals surface area (Å²) >= 11 is 0. The summed E-state index contributed by atoms with van der Waals surface area (Å²) in [5.41, 5.74) is 2.73. The first-order valence-corrected chi connectivity index (χ1v) is 12.1. The fraction of sp³-hybridized carbons (Fsp3) is 0.321. The summed E-state index contributed by atoms with van der Waals surface area (Å²) in [5.74, 6) is -0.229. The summed E-state index contributed by atoms with van der Waals surface area (Å²) in [5, 5.41) is 12.2. The van der Waals surface area contributed by atoms with E-state index in [9.17, 15) is 23.2 Å². The third kappa shape index (κ3) is 7.01. The van der Waals surface area contributed by atoms with E-state index in [1.54, 1.807) is 18.3 Å². The number of carbonyl (C=O) groups excluding carboxylic acids is 1. The van der Waals surface area contributed by atoms with Crippen LogP contribution in [0.4, 0.5) is 13.2 Å². The number of nitriles is 1. The molecule has 2 unspecified atom stereocenters. The number of alkyl halides is 3. The lowest BCUT2D eigenvalue weighted by atomic mass is 9.97. The van der Waals surface area contributed by atoms with Gasteiger partial charge in [0.2, 0.25) is 5.88 Å². The van der Waals surface area contributed by atoms with Gasteiger partial charge in [-0.25, -0.2) is 4.98 Å². The number of nitrogens with zero attached hydrogens (tertiary/aromatic N) is 3. The molecule has 7 nitrogen and oxygen atoms in total. The van der Waals surface area contributed by atoms with Crippen LogP contribution in [0.15, 0.2) is 66.9 Å². The van der Waals surface area contributed by atoms with Gasteiger partial charge in [0, 0.05) is 37.0 Å². The largest absolute Gasteiger partial charge is 0.573 e. The molecule has 2 heterocycles. The normalized spacial score (nSPS) is 16.6. The van der Waals surface area contributed by atoms with Gasteiger partial charge in [0.1, 0.15) is 5.75 Å². The number of nitrogens with one attached hydrogen (secondary N) is 1. The van der Waals surface area contributed by atoms with Gasteiger partial charge in [-0.05, 0) is 67.8 Å². The minimum Gasteiger partial charge on any atom is -0.475 e.